The van der Waals surface area contributed by atoms with Crippen LogP contribution in [0.3, 0.4) is 0 Å². The third-order valence-corrected chi connectivity index (χ3v) is 3.29. The summed E-state index contributed by atoms with van der Waals surface area (Å²) in [6.45, 7) is 0.601. The number of aromatic nitrogens is 3. The molecular weight excluding hydrogens is 236 g/mol. The highest BCUT2D eigenvalue weighted by molar-refractivity contribution is 7.07. The van der Waals surface area contributed by atoms with E-state index in [-0.39, 0.29) is 5.56 Å². The normalized spacial score (nSPS) is 14.8. The molecular formula is C11H12N4OS. The molecule has 0 saturated heterocycles. The molecule has 0 aromatic carbocycles. The summed E-state index contributed by atoms with van der Waals surface area (Å²) in [5.74, 6) is 1.88. The lowest BCUT2D eigenvalue weighted by Gasteiger charge is -2.05. The van der Waals surface area contributed by atoms with E-state index in [1.807, 2.05) is 5.38 Å². The Morgan fingerprint density at radius 3 is 3.12 bits per heavy atom. The Kier molecular flexibility index (Phi) is 2.64. The van der Waals surface area contributed by atoms with E-state index in [0.29, 0.717) is 18.3 Å². The second-order valence-corrected chi connectivity index (χ2v) is 4.84. The van der Waals surface area contributed by atoms with Gasteiger partial charge in [-0.25, -0.2) is 9.97 Å². The standard InChI is InChI=1S/C11H12N4OS/c16-10-3-9(12-4-8-5-17-6-13-8)14-11(15-10)7-1-2-7/h3,5-7H,1-2,4H2,(H2,12,14,15,16). The van der Waals surface area contributed by atoms with Crippen LogP contribution in [0.5, 0.6) is 0 Å². The highest BCUT2D eigenvalue weighted by atomic mass is 32.1. The highest BCUT2D eigenvalue weighted by Crippen LogP contribution is 2.37. The molecule has 0 radical (unpaired) electrons. The maximum atomic E-state index is 11.5. The predicted molar refractivity (Wildman–Crippen MR) is 66.3 cm³/mol. The molecule has 2 N–H and O–H groups in total. The quantitative estimate of drug-likeness (QED) is 0.864. The van der Waals surface area contributed by atoms with Crippen molar-refractivity contribution in [2.24, 2.45) is 0 Å². The van der Waals surface area contributed by atoms with Gasteiger partial charge in [-0.1, -0.05) is 0 Å². The number of hydrogen-bond acceptors (Lipinski definition) is 5. The minimum atomic E-state index is -0.0947. The first-order valence-corrected chi connectivity index (χ1v) is 6.48. The van der Waals surface area contributed by atoms with Gasteiger partial charge in [0.25, 0.3) is 5.56 Å². The summed E-state index contributed by atoms with van der Waals surface area (Å²) < 4.78 is 0. The van der Waals surface area contributed by atoms with Crippen LogP contribution in [0.4, 0.5) is 5.82 Å². The lowest BCUT2D eigenvalue weighted by Crippen LogP contribution is -2.13. The van der Waals surface area contributed by atoms with Gasteiger partial charge >= 0.3 is 0 Å². The van der Waals surface area contributed by atoms with E-state index in [2.05, 4.69) is 20.3 Å². The summed E-state index contributed by atoms with van der Waals surface area (Å²) in [5.41, 5.74) is 2.66. The van der Waals surface area contributed by atoms with Crippen molar-refractivity contribution in [1.29, 1.82) is 0 Å². The average Bonchev–Trinajstić information content (AvgIpc) is 3.04. The molecule has 0 spiro atoms. The number of H-pyrrole nitrogens is 1. The van der Waals surface area contributed by atoms with Gasteiger partial charge in [-0.05, 0) is 12.8 Å². The third-order valence-electron chi connectivity index (χ3n) is 2.66. The van der Waals surface area contributed by atoms with Gasteiger partial charge < -0.3 is 10.3 Å². The van der Waals surface area contributed by atoms with Crippen molar-refractivity contribution in [3.63, 3.8) is 0 Å². The van der Waals surface area contributed by atoms with Crippen molar-refractivity contribution in [2.45, 2.75) is 25.3 Å². The van der Waals surface area contributed by atoms with E-state index in [9.17, 15) is 4.79 Å². The minimum Gasteiger partial charge on any atom is -0.364 e. The fourth-order valence-electron chi connectivity index (χ4n) is 1.62. The molecule has 0 unspecified atom stereocenters. The Balaban J connectivity index is 1.75. The van der Waals surface area contributed by atoms with Crippen LogP contribution in [-0.2, 0) is 6.54 Å². The number of thiazole rings is 1. The minimum absolute atomic E-state index is 0.0947. The maximum Gasteiger partial charge on any atom is 0.252 e. The number of nitrogens with one attached hydrogen (secondary N) is 2. The van der Waals surface area contributed by atoms with Crippen LogP contribution in [0.2, 0.25) is 0 Å². The number of rotatable bonds is 4. The molecule has 1 aliphatic carbocycles. The first-order valence-electron chi connectivity index (χ1n) is 5.53. The van der Waals surface area contributed by atoms with Crippen LogP contribution in [-0.4, -0.2) is 15.0 Å². The van der Waals surface area contributed by atoms with Crippen molar-refractivity contribution in [2.75, 3.05) is 5.32 Å². The molecule has 5 nitrogen and oxygen atoms in total. The molecule has 0 atom stereocenters. The number of anilines is 1. The fourth-order valence-corrected chi connectivity index (χ4v) is 2.18. The van der Waals surface area contributed by atoms with Gasteiger partial charge in [0, 0.05) is 17.4 Å². The van der Waals surface area contributed by atoms with Gasteiger partial charge in [0.1, 0.15) is 11.6 Å². The van der Waals surface area contributed by atoms with E-state index < -0.39 is 0 Å². The summed E-state index contributed by atoms with van der Waals surface area (Å²) in [6, 6.07) is 1.48. The molecule has 0 bridgehead atoms. The molecule has 2 aromatic rings. The zero-order chi connectivity index (χ0) is 11.7. The molecule has 0 amide bonds. The number of hydrogen-bond donors (Lipinski definition) is 2. The molecule has 88 valence electrons. The molecule has 2 heterocycles. The van der Waals surface area contributed by atoms with Crippen LogP contribution < -0.4 is 10.9 Å². The van der Waals surface area contributed by atoms with E-state index in [4.69, 9.17) is 0 Å². The van der Waals surface area contributed by atoms with Gasteiger partial charge in [0.15, 0.2) is 0 Å². The van der Waals surface area contributed by atoms with Crippen LogP contribution in [0.1, 0.15) is 30.3 Å². The highest BCUT2D eigenvalue weighted by Gasteiger charge is 2.26. The van der Waals surface area contributed by atoms with Gasteiger partial charge in [-0.2, -0.15) is 0 Å². The van der Waals surface area contributed by atoms with Crippen LogP contribution in [0.25, 0.3) is 0 Å². The monoisotopic (exact) mass is 248 g/mol. The van der Waals surface area contributed by atoms with Crippen molar-refractivity contribution >= 4 is 17.2 Å². The Labute approximate surface area is 102 Å². The van der Waals surface area contributed by atoms with Gasteiger partial charge in [-0.3, -0.25) is 4.79 Å². The summed E-state index contributed by atoms with van der Waals surface area (Å²) >= 11 is 1.56. The van der Waals surface area contributed by atoms with E-state index in [0.717, 1.165) is 24.4 Å². The van der Waals surface area contributed by atoms with Crippen molar-refractivity contribution in [3.8, 4) is 0 Å². The van der Waals surface area contributed by atoms with E-state index in [1.165, 1.54) is 6.07 Å². The lowest BCUT2D eigenvalue weighted by atomic mass is 10.4. The summed E-state index contributed by atoms with van der Waals surface area (Å²) in [7, 11) is 0. The lowest BCUT2D eigenvalue weighted by molar-refractivity contribution is 0.901. The van der Waals surface area contributed by atoms with E-state index >= 15 is 0 Å². The number of nitrogens with zero attached hydrogens (tertiary/aromatic N) is 2. The Morgan fingerprint density at radius 2 is 2.41 bits per heavy atom. The Bertz CT molecular complexity index is 559. The van der Waals surface area contributed by atoms with Crippen LogP contribution in [0.15, 0.2) is 21.8 Å². The molecule has 6 heteroatoms. The van der Waals surface area contributed by atoms with Crippen LogP contribution >= 0.6 is 11.3 Å². The molecule has 1 fully saturated rings. The molecule has 3 rings (SSSR count). The van der Waals surface area contributed by atoms with Crippen molar-refractivity contribution < 1.29 is 0 Å². The predicted octanol–water partition coefficient (Wildman–Crippen LogP) is 1.72. The first kappa shape index (κ1) is 10.5. The SMILES string of the molecule is O=c1cc(NCc2cscn2)nc(C2CC2)[nH]1. The first-order chi connectivity index (χ1) is 8.31. The third kappa shape index (κ3) is 2.52. The zero-order valence-electron chi connectivity index (χ0n) is 9.14. The smallest absolute Gasteiger partial charge is 0.252 e. The van der Waals surface area contributed by atoms with Crippen molar-refractivity contribution in [1.82, 2.24) is 15.0 Å². The molecule has 1 aliphatic rings. The van der Waals surface area contributed by atoms with E-state index in [1.54, 1.807) is 16.8 Å². The topological polar surface area (TPSA) is 70.7 Å². The molecule has 17 heavy (non-hydrogen) atoms. The van der Waals surface area contributed by atoms with Gasteiger partial charge in [-0.15, -0.1) is 11.3 Å². The molecule has 1 saturated carbocycles. The Hall–Kier alpha value is -1.69. The fraction of sp³-hybridized carbons (Fsp3) is 0.364. The Morgan fingerprint density at radius 1 is 1.53 bits per heavy atom. The summed E-state index contributed by atoms with van der Waals surface area (Å²) in [6.07, 6.45) is 2.25. The summed E-state index contributed by atoms with van der Waals surface area (Å²) in [4.78, 5) is 22.8. The van der Waals surface area contributed by atoms with Crippen LogP contribution in [0, 0.1) is 0 Å². The zero-order valence-corrected chi connectivity index (χ0v) is 9.96. The second kappa shape index (κ2) is 4.29. The average molecular weight is 248 g/mol. The number of aromatic amines is 1. The van der Waals surface area contributed by atoms with Gasteiger partial charge in [0.2, 0.25) is 0 Å². The molecule has 2 aromatic heterocycles. The maximum absolute atomic E-state index is 11.5. The van der Waals surface area contributed by atoms with Crippen molar-refractivity contribution in [3.05, 3.63) is 38.8 Å². The second-order valence-electron chi connectivity index (χ2n) is 4.12. The van der Waals surface area contributed by atoms with Gasteiger partial charge in [0.05, 0.1) is 17.7 Å². The summed E-state index contributed by atoms with van der Waals surface area (Å²) in [5, 5.41) is 5.10. The largest absolute Gasteiger partial charge is 0.364 e. The molecule has 0 aliphatic heterocycles.